The second-order valence-corrected chi connectivity index (χ2v) is 5.59. The summed E-state index contributed by atoms with van der Waals surface area (Å²) < 4.78 is 32.5. The fraction of sp³-hybridized carbons (Fsp3) is 0.500. The van der Waals surface area contributed by atoms with Crippen molar-refractivity contribution in [3.8, 4) is 0 Å². The third-order valence-electron chi connectivity index (χ3n) is 2.35. The maximum absolute atomic E-state index is 11.8. The highest BCUT2D eigenvalue weighted by Gasteiger charge is 2.19. The number of rotatable bonds is 7. The Balaban J connectivity index is 2.64. The van der Waals surface area contributed by atoms with E-state index < -0.39 is 22.1 Å². The average molecular weight is 276 g/mol. The molecule has 18 heavy (non-hydrogen) atoms. The number of methoxy groups -OCH3 is 1. The van der Waals surface area contributed by atoms with E-state index in [1.807, 2.05) is 0 Å². The highest BCUT2D eigenvalue weighted by Crippen LogP contribution is 2.08. The monoisotopic (exact) mass is 276 g/mol. The molecule has 8 heteroatoms. The molecule has 0 aromatic carbocycles. The molecule has 1 aromatic rings. The fourth-order valence-corrected chi connectivity index (χ4v) is 2.47. The lowest BCUT2D eigenvalue weighted by molar-refractivity contribution is -0.139. The number of sulfonamides is 1. The van der Waals surface area contributed by atoms with Crippen molar-refractivity contribution in [1.29, 1.82) is 0 Å². The first kappa shape index (κ1) is 14.7. The second kappa shape index (κ2) is 5.98. The van der Waals surface area contributed by atoms with Crippen molar-refractivity contribution < 1.29 is 23.1 Å². The summed E-state index contributed by atoms with van der Waals surface area (Å²) in [5, 5.41) is 8.60. The van der Waals surface area contributed by atoms with Gasteiger partial charge in [-0.05, 0) is 6.07 Å². The Labute approximate surface area is 105 Å². The first-order chi connectivity index (χ1) is 8.35. The number of aliphatic carboxylic acids is 1. The van der Waals surface area contributed by atoms with Crippen LogP contribution in [0.2, 0.25) is 0 Å². The van der Waals surface area contributed by atoms with Crippen LogP contribution in [-0.4, -0.2) is 43.8 Å². The molecular formula is C10H16N2O5S. The molecule has 0 aliphatic rings. The number of aryl methyl sites for hydroxylation is 1. The molecule has 0 bridgehead atoms. The lowest BCUT2D eigenvalue weighted by Crippen LogP contribution is -2.34. The maximum atomic E-state index is 11.8. The molecule has 0 saturated carbocycles. The van der Waals surface area contributed by atoms with Gasteiger partial charge in [0.15, 0.2) is 0 Å². The molecule has 0 radical (unpaired) electrons. The topological polar surface area (TPSA) is 97.6 Å². The zero-order chi connectivity index (χ0) is 13.8. The molecule has 0 spiro atoms. The Morgan fingerprint density at radius 2 is 2.28 bits per heavy atom. The van der Waals surface area contributed by atoms with Gasteiger partial charge in [-0.25, -0.2) is 13.1 Å². The molecule has 0 aliphatic heterocycles. The predicted octanol–water partition coefficient (Wildman–Crippen LogP) is -0.207. The summed E-state index contributed by atoms with van der Waals surface area (Å²) >= 11 is 0. The first-order valence-electron chi connectivity index (χ1n) is 5.21. The van der Waals surface area contributed by atoms with Crippen molar-refractivity contribution in [3.05, 3.63) is 18.5 Å². The summed E-state index contributed by atoms with van der Waals surface area (Å²) in [4.78, 5) is 10.6. The Morgan fingerprint density at radius 3 is 2.72 bits per heavy atom. The predicted molar refractivity (Wildman–Crippen MR) is 63.7 cm³/mol. The highest BCUT2D eigenvalue weighted by atomic mass is 32.2. The van der Waals surface area contributed by atoms with E-state index in [4.69, 9.17) is 9.84 Å². The van der Waals surface area contributed by atoms with Gasteiger partial charge in [0.05, 0.1) is 17.4 Å². The first-order valence-corrected chi connectivity index (χ1v) is 6.69. The molecule has 1 atom stereocenters. The second-order valence-electron chi connectivity index (χ2n) is 3.82. The minimum absolute atomic E-state index is 0.0833. The molecular weight excluding hydrogens is 260 g/mol. The molecule has 1 unspecified atom stereocenters. The van der Waals surface area contributed by atoms with Crippen LogP contribution in [0.3, 0.4) is 0 Å². The van der Waals surface area contributed by atoms with E-state index in [2.05, 4.69) is 4.72 Å². The quantitative estimate of drug-likeness (QED) is 0.718. The molecule has 1 heterocycles. The van der Waals surface area contributed by atoms with E-state index in [1.54, 1.807) is 17.8 Å². The van der Waals surface area contributed by atoms with Crippen molar-refractivity contribution in [3.63, 3.8) is 0 Å². The lowest BCUT2D eigenvalue weighted by Gasteiger charge is -2.13. The zero-order valence-electron chi connectivity index (χ0n) is 10.2. The van der Waals surface area contributed by atoms with Crippen molar-refractivity contribution in [2.24, 2.45) is 7.05 Å². The van der Waals surface area contributed by atoms with Crippen LogP contribution < -0.4 is 4.72 Å². The van der Waals surface area contributed by atoms with Gasteiger partial charge in [-0.1, -0.05) is 0 Å². The van der Waals surface area contributed by atoms with Gasteiger partial charge in [-0.2, -0.15) is 0 Å². The Hall–Kier alpha value is -1.38. The molecule has 0 fully saturated rings. The Kier molecular flexibility index (Phi) is 4.88. The third-order valence-corrected chi connectivity index (χ3v) is 3.76. The minimum atomic E-state index is -3.62. The molecule has 0 amide bonds. The third kappa shape index (κ3) is 4.13. The van der Waals surface area contributed by atoms with Crippen LogP contribution in [0.1, 0.15) is 6.42 Å². The molecule has 2 N–H and O–H groups in total. The van der Waals surface area contributed by atoms with Crippen molar-refractivity contribution in [1.82, 2.24) is 9.29 Å². The number of carbonyl (C=O) groups is 1. The molecule has 0 aliphatic carbocycles. The van der Waals surface area contributed by atoms with Crippen molar-refractivity contribution in [2.45, 2.75) is 17.4 Å². The summed E-state index contributed by atoms with van der Waals surface area (Å²) in [5.74, 6) is -1.04. The molecule has 1 aromatic heterocycles. The van der Waals surface area contributed by atoms with Crippen LogP contribution in [0.4, 0.5) is 0 Å². The number of carboxylic acid groups (broad SMARTS) is 1. The standard InChI is InChI=1S/C10H16N2O5S/c1-12-4-3-9(7-12)18(15,16)11-6-8(17-2)5-10(13)14/h3-4,7-8,11H,5-6H2,1-2H3,(H,13,14). The number of carboxylic acids is 1. The normalized spacial score (nSPS) is 13.4. The van der Waals surface area contributed by atoms with Gasteiger partial charge in [0.2, 0.25) is 10.0 Å². The van der Waals surface area contributed by atoms with Crippen LogP contribution in [0.25, 0.3) is 0 Å². The van der Waals surface area contributed by atoms with Gasteiger partial charge in [0.25, 0.3) is 0 Å². The smallest absolute Gasteiger partial charge is 0.306 e. The van der Waals surface area contributed by atoms with Crippen LogP contribution in [0.5, 0.6) is 0 Å². The van der Waals surface area contributed by atoms with E-state index in [0.717, 1.165) is 0 Å². The van der Waals surface area contributed by atoms with Gasteiger partial charge in [-0.3, -0.25) is 4.79 Å². The largest absolute Gasteiger partial charge is 0.481 e. The number of aromatic nitrogens is 1. The van der Waals surface area contributed by atoms with Crippen molar-refractivity contribution >= 4 is 16.0 Å². The summed E-state index contributed by atoms with van der Waals surface area (Å²) in [6, 6.07) is 1.46. The van der Waals surface area contributed by atoms with Gasteiger partial charge >= 0.3 is 5.97 Å². The van der Waals surface area contributed by atoms with E-state index >= 15 is 0 Å². The summed E-state index contributed by atoms with van der Waals surface area (Å²) in [6.45, 7) is -0.0833. The van der Waals surface area contributed by atoms with Crippen LogP contribution in [-0.2, 0) is 26.6 Å². The van der Waals surface area contributed by atoms with Gasteiger partial charge in [0, 0.05) is 33.1 Å². The van der Waals surface area contributed by atoms with E-state index in [0.29, 0.717) is 0 Å². The Bertz CT molecular complexity index is 508. The molecule has 7 nitrogen and oxygen atoms in total. The van der Waals surface area contributed by atoms with Gasteiger partial charge in [-0.15, -0.1) is 0 Å². The summed E-state index contributed by atoms with van der Waals surface area (Å²) in [5.41, 5.74) is 0. The zero-order valence-corrected chi connectivity index (χ0v) is 11.0. The van der Waals surface area contributed by atoms with Crippen LogP contribution in [0.15, 0.2) is 23.4 Å². The van der Waals surface area contributed by atoms with E-state index in [9.17, 15) is 13.2 Å². The van der Waals surface area contributed by atoms with Gasteiger partial charge in [0.1, 0.15) is 0 Å². The maximum Gasteiger partial charge on any atom is 0.306 e. The van der Waals surface area contributed by atoms with E-state index in [1.165, 1.54) is 19.4 Å². The fourth-order valence-electron chi connectivity index (χ4n) is 1.36. The molecule has 1 rings (SSSR count). The summed E-state index contributed by atoms with van der Waals surface area (Å²) in [6.07, 6.45) is 2.12. The number of hydrogen-bond acceptors (Lipinski definition) is 4. The Morgan fingerprint density at radius 1 is 1.61 bits per heavy atom. The number of ether oxygens (including phenoxy) is 1. The van der Waals surface area contributed by atoms with Gasteiger partial charge < -0.3 is 14.4 Å². The molecule has 0 saturated heterocycles. The van der Waals surface area contributed by atoms with Crippen LogP contribution in [0, 0.1) is 0 Å². The minimum Gasteiger partial charge on any atom is -0.481 e. The average Bonchev–Trinajstić information content (AvgIpc) is 2.71. The molecule has 102 valence electrons. The van der Waals surface area contributed by atoms with Crippen molar-refractivity contribution in [2.75, 3.05) is 13.7 Å². The number of hydrogen-bond donors (Lipinski definition) is 2. The lowest BCUT2D eigenvalue weighted by atomic mass is 10.2. The number of nitrogens with one attached hydrogen (secondary N) is 1. The SMILES string of the molecule is COC(CNS(=O)(=O)c1ccn(C)c1)CC(=O)O. The number of nitrogens with zero attached hydrogens (tertiary/aromatic N) is 1. The van der Waals surface area contributed by atoms with Crippen LogP contribution >= 0.6 is 0 Å². The van der Waals surface area contributed by atoms with E-state index in [-0.39, 0.29) is 17.9 Å². The summed E-state index contributed by atoms with van der Waals surface area (Å²) in [7, 11) is -0.577. The highest BCUT2D eigenvalue weighted by molar-refractivity contribution is 7.89.